The second-order valence-corrected chi connectivity index (χ2v) is 8.87. The first-order valence-electron chi connectivity index (χ1n) is 9.36. The Bertz CT molecular complexity index is 1090. The quantitative estimate of drug-likeness (QED) is 0.328. The van der Waals surface area contributed by atoms with E-state index in [4.69, 9.17) is 15.0 Å². The molecule has 0 atom stereocenters. The van der Waals surface area contributed by atoms with Crippen LogP contribution in [0, 0.1) is 20.8 Å². The molecule has 2 aromatic carbocycles. The van der Waals surface area contributed by atoms with Crippen LogP contribution in [0.2, 0.25) is 0 Å². The first-order chi connectivity index (χ1) is 13.8. The van der Waals surface area contributed by atoms with Crippen LogP contribution in [-0.2, 0) is 0 Å². The Balaban J connectivity index is 1.98. The van der Waals surface area contributed by atoms with E-state index in [0.29, 0.717) is 0 Å². The number of hydrogen-bond acceptors (Lipinski definition) is 3. The maximum absolute atomic E-state index is 4.85. The Labute approximate surface area is 189 Å². The average molecular weight is 513 g/mol. The summed E-state index contributed by atoms with van der Waals surface area (Å²) in [4.78, 5) is 14.5. The summed E-state index contributed by atoms with van der Waals surface area (Å²) in [5, 5.41) is 0. The summed E-state index contributed by atoms with van der Waals surface area (Å²) < 4.78 is 1.98. The number of benzene rings is 2. The summed E-state index contributed by atoms with van der Waals surface area (Å²) in [5.41, 5.74) is 8.78. The lowest BCUT2D eigenvalue weighted by molar-refractivity contribution is 1.23. The zero-order chi connectivity index (χ0) is 21.1. The highest BCUT2D eigenvalue weighted by Crippen LogP contribution is 2.33. The number of aromatic nitrogens is 1. The number of rotatable bonds is 4. The molecule has 3 rings (SSSR count). The first-order valence-corrected chi connectivity index (χ1v) is 10.9. The van der Waals surface area contributed by atoms with Crippen molar-refractivity contribution in [3.05, 3.63) is 85.6 Å². The summed E-state index contributed by atoms with van der Waals surface area (Å²) in [5.74, 6) is 0. The molecule has 0 N–H and O–H groups in total. The predicted molar refractivity (Wildman–Crippen MR) is 130 cm³/mol. The largest absolute Gasteiger partial charge is 0.251 e. The molecule has 29 heavy (non-hydrogen) atoms. The lowest BCUT2D eigenvalue weighted by Crippen LogP contribution is -2.05. The second-order valence-electron chi connectivity index (χ2n) is 7.10. The van der Waals surface area contributed by atoms with Crippen LogP contribution >= 0.6 is 31.9 Å². The topological polar surface area (TPSA) is 37.6 Å². The lowest BCUT2D eigenvalue weighted by atomic mass is 10.1. The van der Waals surface area contributed by atoms with Crippen molar-refractivity contribution in [3.63, 3.8) is 0 Å². The summed E-state index contributed by atoms with van der Waals surface area (Å²) in [7, 11) is 0. The van der Waals surface area contributed by atoms with Gasteiger partial charge in [-0.25, -0.2) is 4.98 Å². The molecular weight excluding hydrogens is 490 g/mol. The van der Waals surface area contributed by atoms with Crippen molar-refractivity contribution in [3.8, 4) is 0 Å². The Morgan fingerprint density at radius 3 is 1.79 bits per heavy atom. The normalized spacial score (nSPS) is 12.4. The van der Waals surface area contributed by atoms with Crippen molar-refractivity contribution in [2.24, 2.45) is 9.98 Å². The van der Waals surface area contributed by atoms with E-state index in [9.17, 15) is 0 Å². The van der Waals surface area contributed by atoms with Crippen LogP contribution in [0.15, 0.2) is 67.5 Å². The van der Waals surface area contributed by atoms with E-state index in [0.717, 1.165) is 59.8 Å². The molecule has 0 aliphatic rings. The Hall–Kier alpha value is -2.11. The molecule has 1 aromatic heterocycles. The molecule has 0 amide bonds. The summed E-state index contributed by atoms with van der Waals surface area (Å²) in [6.45, 7) is 10.2. The Morgan fingerprint density at radius 2 is 1.24 bits per heavy atom. The van der Waals surface area contributed by atoms with Crippen LogP contribution in [-0.4, -0.2) is 16.4 Å². The SMILES string of the molecule is CC(=Nc1c(C)cccc1C)c1cccc(C(C)=Nc2c(C)cc(Br)cc2Br)n1. The van der Waals surface area contributed by atoms with Crippen LogP contribution < -0.4 is 0 Å². The molecule has 0 spiro atoms. The molecule has 148 valence electrons. The summed E-state index contributed by atoms with van der Waals surface area (Å²) in [6, 6.07) is 16.3. The van der Waals surface area contributed by atoms with Gasteiger partial charge in [0.15, 0.2) is 0 Å². The third-order valence-electron chi connectivity index (χ3n) is 4.71. The lowest BCUT2D eigenvalue weighted by Gasteiger charge is -2.09. The van der Waals surface area contributed by atoms with Crippen molar-refractivity contribution in [2.75, 3.05) is 0 Å². The minimum Gasteiger partial charge on any atom is -0.251 e. The molecule has 0 aliphatic carbocycles. The molecular formula is C24H23Br2N3. The van der Waals surface area contributed by atoms with Crippen molar-refractivity contribution >= 4 is 54.7 Å². The van der Waals surface area contributed by atoms with Gasteiger partial charge < -0.3 is 0 Å². The van der Waals surface area contributed by atoms with Gasteiger partial charge in [-0.15, -0.1) is 0 Å². The number of aliphatic imine (C=N–C) groups is 2. The number of halogens is 2. The van der Waals surface area contributed by atoms with E-state index in [-0.39, 0.29) is 0 Å². The Morgan fingerprint density at radius 1 is 0.724 bits per heavy atom. The summed E-state index contributed by atoms with van der Waals surface area (Å²) >= 11 is 7.13. The minimum atomic E-state index is 0.841. The molecule has 3 aromatic rings. The maximum atomic E-state index is 4.85. The molecule has 0 saturated heterocycles. The van der Waals surface area contributed by atoms with E-state index in [1.807, 2.05) is 45.0 Å². The molecule has 0 bridgehead atoms. The highest BCUT2D eigenvalue weighted by molar-refractivity contribution is 9.11. The maximum Gasteiger partial charge on any atom is 0.0849 e. The fraction of sp³-hybridized carbons (Fsp3) is 0.208. The monoisotopic (exact) mass is 511 g/mol. The van der Waals surface area contributed by atoms with Gasteiger partial charge in [0.1, 0.15) is 0 Å². The van der Waals surface area contributed by atoms with Gasteiger partial charge in [0, 0.05) is 8.95 Å². The van der Waals surface area contributed by atoms with Crippen LogP contribution in [0.4, 0.5) is 11.4 Å². The zero-order valence-electron chi connectivity index (χ0n) is 17.2. The molecule has 0 radical (unpaired) electrons. The molecule has 5 heteroatoms. The van der Waals surface area contributed by atoms with Gasteiger partial charge in [0.05, 0.1) is 34.2 Å². The van der Waals surface area contributed by atoms with E-state index < -0.39 is 0 Å². The highest BCUT2D eigenvalue weighted by Gasteiger charge is 2.09. The van der Waals surface area contributed by atoms with Gasteiger partial charge >= 0.3 is 0 Å². The van der Waals surface area contributed by atoms with Gasteiger partial charge in [0.25, 0.3) is 0 Å². The predicted octanol–water partition coefficient (Wildman–Crippen LogP) is 7.81. The van der Waals surface area contributed by atoms with Crippen molar-refractivity contribution in [1.29, 1.82) is 0 Å². The minimum absolute atomic E-state index is 0.841. The van der Waals surface area contributed by atoms with Crippen molar-refractivity contribution in [1.82, 2.24) is 4.98 Å². The van der Waals surface area contributed by atoms with Gasteiger partial charge in [-0.05, 0) is 91.5 Å². The van der Waals surface area contributed by atoms with E-state index in [2.05, 4.69) is 70.0 Å². The third-order valence-corrected chi connectivity index (χ3v) is 5.77. The smallest absolute Gasteiger partial charge is 0.0849 e. The molecule has 1 heterocycles. The van der Waals surface area contributed by atoms with Crippen LogP contribution in [0.25, 0.3) is 0 Å². The van der Waals surface area contributed by atoms with Crippen LogP contribution in [0.1, 0.15) is 41.9 Å². The summed E-state index contributed by atoms with van der Waals surface area (Å²) in [6.07, 6.45) is 0. The third kappa shape index (κ3) is 5.09. The number of hydrogen-bond donors (Lipinski definition) is 0. The Kier molecular flexibility index (Phi) is 6.81. The highest BCUT2D eigenvalue weighted by atomic mass is 79.9. The molecule has 0 fully saturated rings. The van der Waals surface area contributed by atoms with Gasteiger partial charge in [0.2, 0.25) is 0 Å². The number of nitrogens with zero attached hydrogens (tertiary/aromatic N) is 3. The van der Waals surface area contributed by atoms with Crippen molar-refractivity contribution in [2.45, 2.75) is 34.6 Å². The van der Waals surface area contributed by atoms with Crippen LogP contribution in [0.3, 0.4) is 0 Å². The van der Waals surface area contributed by atoms with Gasteiger partial charge in [-0.3, -0.25) is 9.98 Å². The average Bonchev–Trinajstić information content (AvgIpc) is 2.67. The van der Waals surface area contributed by atoms with E-state index in [1.165, 1.54) is 0 Å². The van der Waals surface area contributed by atoms with Gasteiger partial charge in [-0.2, -0.15) is 0 Å². The fourth-order valence-corrected chi connectivity index (χ4v) is 4.63. The zero-order valence-corrected chi connectivity index (χ0v) is 20.4. The van der Waals surface area contributed by atoms with E-state index >= 15 is 0 Å². The standard InChI is InChI=1S/C24H23Br2N3/c1-14-8-6-9-15(2)23(14)27-17(4)21-10-7-11-22(29-21)18(5)28-24-16(3)12-19(25)13-20(24)26/h6-13H,1-5H3. The van der Waals surface area contributed by atoms with Crippen molar-refractivity contribution < 1.29 is 0 Å². The molecule has 0 unspecified atom stereocenters. The number of pyridine rings is 1. The first kappa shape index (κ1) is 21.6. The number of aryl methyl sites for hydroxylation is 3. The fourth-order valence-electron chi connectivity index (χ4n) is 3.11. The number of para-hydroxylation sites is 1. The second kappa shape index (κ2) is 9.14. The van der Waals surface area contributed by atoms with E-state index in [1.54, 1.807) is 0 Å². The molecule has 0 saturated carbocycles. The van der Waals surface area contributed by atoms with Crippen LogP contribution in [0.5, 0.6) is 0 Å². The van der Waals surface area contributed by atoms with Gasteiger partial charge in [-0.1, -0.05) is 40.2 Å². The molecule has 0 aliphatic heterocycles. The molecule has 3 nitrogen and oxygen atoms in total.